The highest BCUT2D eigenvalue weighted by Crippen LogP contribution is 2.36. The molecule has 0 aliphatic carbocycles. The van der Waals surface area contributed by atoms with Crippen molar-refractivity contribution in [1.29, 1.82) is 0 Å². The van der Waals surface area contributed by atoms with Crippen molar-refractivity contribution in [3.05, 3.63) is 138 Å². The van der Waals surface area contributed by atoms with E-state index < -0.39 is 21.4 Å². The molecular weight excluding hydrogens is 765 g/mol. The van der Waals surface area contributed by atoms with Gasteiger partial charge in [0.2, 0.25) is 0 Å². The number of halogens is 4. The molecule has 5 aromatic rings. The number of thioether (sulfide) groups is 2. The number of rotatable bonds is 13. The molecule has 0 unspecified atom stereocenters. The molecule has 0 aliphatic rings. The minimum atomic E-state index is -6.09. The normalized spacial score (nSPS) is 11.6. The zero-order valence-corrected chi connectivity index (χ0v) is 30.5. The first-order valence-corrected chi connectivity index (χ1v) is 20.3. The lowest BCUT2D eigenvalue weighted by atomic mass is 10.0. The molecule has 0 spiro atoms. The maximum atomic E-state index is 15.1. The van der Waals surface area contributed by atoms with Gasteiger partial charge in [-0.3, -0.25) is 4.79 Å². The summed E-state index contributed by atoms with van der Waals surface area (Å²) in [7, 11) is -6.46. The van der Waals surface area contributed by atoms with Crippen molar-refractivity contribution in [3.8, 4) is 0 Å². The van der Waals surface area contributed by atoms with Crippen LogP contribution in [0.3, 0.4) is 0 Å². The van der Waals surface area contributed by atoms with Gasteiger partial charge >= 0.3 is 5.51 Å². The molecule has 268 valence electrons. The number of benzene rings is 5. The van der Waals surface area contributed by atoms with E-state index in [-0.39, 0.29) is 29.9 Å². The molecule has 0 atom stereocenters. The Hall–Kier alpha value is -3.28. The van der Waals surface area contributed by atoms with Crippen LogP contribution in [0.4, 0.5) is 17.6 Å². The van der Waals surface area contributed by atoms with Crippen LogP contribution in [-0.2, 0) is 21.0 Å². The maximum Gasteiger partial charge on any atom is 0.485 e. The van der Waals surface area contributed by atoms with Crippen molar-refractivity contribution in [2.45, 2.75) is 39.8 Å². The van der Waals surface area contributed by atoms with E-state index in [1.807, 2.05) is 18.2 Å². The van der Waals surface area contributed by atoms with E-state index in [0.717, 1.165) is 19.6 Å². The van der Waals surface area contributed by atoms with E-state index in [1.54, 1.807) is 59.9 Å². The van der Waals surface area contributed by atoms with Crippen molar-refractivity contribution in [3.63, 3.8) is 0 Å². The summed E-state index contributed by atoms with van der Waals surface area (Å²) >= 11 is 4.58. The van der Waals surface area contributed by atoms with Gasteiger partial charge in [-0.1, -0.05) is 42.1 Å². The monoisotopic (exact) mass is 794 g/mol. The van der Waals surface area contributed by atoms with Crippen LogP contribution in [0.1, 0.15) is 15.9 Å². The first kappa shape index (κ1) is 40.5. The van der Waals surface area contributed by atoms with Crippen molar-refractivity contribution in [2.75, 3.05) is 24.7 Å². The van der Waals surface area contributed by atoms with Crippen molar-refractivity contribution in [1.82, 2.24) is 0 Å². The summed E-state index contributed by atoms with van der Waals surface area (Å²) in [6.45, 7) is 0.281. The van der Waals surface area contributed by atoms with E-state index in [0.29, 0.717) is 27.5 Å². The van der Waals surface area contributed by atoms with Crippen molar-refractivity contribution in [2.24, 2.45) is 0 Å². The Bertz CT molecular complexity index is 1930. The lowest BCUT2D eigenvalue weighted by Crippen LogP contribution is -2.21. The summed E-state index contributed by atoms with van der Waals surface area (Å²) in [5.74, 6) is 0.689. The topological polar surface area (TPSA) is 115 Å². The van der Waals surface area contributed by atoms with E-state index in [9.17, 15) is 28.2 Å². The molecule has 0 saturated carbocycles. The highest BCUT2D eigenvalue weighted by molar-refractivity contribution is 8.00. The molecule has 0 bridgehead atoms. The second kappa shape index (κ2) is 19.0. The first-order chi connectivity index (χ1) is 24.3. The van der Waals surface area contributed by atoms with Crippen molar-refractivity contribution >= 4 is 62.1 Å². The third-order valence-electron chi connectivity index (χ3n) is 6.64. The Labute approximate surface area is 308 Å². The summed E-state index contributed by atoms with van der Waals surface area (Å²) in [5.41, 5.74) is -4.79. The number of hydrogen-bond donors (Lipinski definition) is 2. The predicted octanol–water partition coefficient (Wildman–Crippen LogP) is 8.52. The number of carbonyl (C=O) groups excluding carboxylic acids is 1. The second-order valence-corrected chi connectivity index (χ2v) is 17.1. The minimum absolute atomic E-state index is 0.141. The van der Waals surface area contributed by atoms with Gasteiger partial charge in [0.1, 0.15) is 5.82 Å². The predicted molar refractivity (Wildman–Crippen MR) is 193 cm³/mol. The smallest absolute Gasteiger partial charge is 0.485 e. The van der Waals surface area contributed by atoms with Crippen LogP contribution < -0.4 is 0 Å². The van der Waals surface area contributed by atoms with Crippen molar-refractivity contribution < 1.29 is 45.5 Å². The molecule has 0 aromatic heterocycles. The second-order valence-electron chi connectivity index (χ2n) is 10.2. The van der Waals surface area contributed by atoms with Gasteiger partial charge in [-0.05, 0) is 91.0 Å². The fourth-order valence-corrected chi connectivity index (χ4v) is 8.50. The Morgan fingerprint density at radius 2 is 1.10 bits per heavy atom. The van der Waals surface area contributed by atoms with Crippen LogP contribution in [-0.4, -0.2) is 59.2 Å². The molecule has 15 heteroatoms. The lowest BCUT2D eigenvalue weighted by Gasteiger charge is -2.11. The van der Waals surface area contributed by atoms with Crippen LogP contribution >= 0.6 is 35.3 Å². The quantitative estimate of drug-likeness (QED) is 0.0302. The highest BCUT2D eigenvalue weighted by atomic mass is 32.2. The Kier molecular flexibility index (Phi) is 15.1. The third kappa shape index (κ3) is 11.9. The number of alkyl halides is 3. The number of hydrogen-bond acceptors (Lipinski definition) is 9. The fraction of sp³-hybridized carbons (Fsp3) is 0.139. The van der Waals surface area contributed by atoms with Gasteiger partial charge in [0.15, 0.2) is 30.6 Å². The number of ketones is 1. The summed E-state index contributed by atoms with van der Waals surface area (Å²) in [4.78, 5) is 19.8. The molecular formula is C36H30F4O6S5. The molecule has 2 N–H and O–H groups in total. The van der Waals surface area contributed by atoms with Crippen LogP contribution in [0.25, 0.3) is 0 Å². The fourth-order valence-electron chi connectivity index (χ4n) is 4.33. The summed E-state index contributed by atoms with van der Waals surface area (Å²) in [5, 5.41) is 18.4. The van der Waals surface area contributed by atoms with Gasteiger partial charge in [-0.25, -0.2) is 12.8 Å². The Morgan fingerprint density at radius 3 is 1.49 bits per heavy atom. The van der Waals surface area contributed by atoms with E-state index in [4.69, 9.17) is 13.0 Å². The molecule has 0 aliphatic heterocycles. The summed E-state index contributed by atoms with van der Waals surface area (Å²) in [6.07, 6.45) is 0. The zero-order valence-electron chi connectivity index (χ0n) is 26.5. The van der Waals surface area contributed by atoms with E-state index in [1.165, 1.54) is 27.6 Å². The molecule has 0 amide bonds. The molecule has 51 heavy (non-hydrogen) atoms. The molecule has 0 radical (unpaired) electrons. The number of aliphatic hydroxyl groups excluding tert-OH is 2. The van der Waals surface area contributed by atoms with Crippen LogP contribution in [0.2, 0.25) is 0 Å². The van der Waals surface area contributed by atoms with Gasteiger partial charge < -0.3 is 14.8 Å². The summed E-state index contributed by atoms with van der Waals surface area (Å²) in [6, 6.07) is 38.7. The van der Waals surface area contributed by atoms with Crippen LogP contribution in [0, 0.1) is 5.82 Å². The van der Waals surface area contributed by atoms with Crippen LogP contribution in [0.15, 0.2) is 156 Å². The zero-order chi connectivity index (χ0) is 37.0. The number of aliphatic hydroxyl groups is 2. The van der Waals surface area contributed by atoms with Gasteiger partial charge in [0.05, 0.1) is 24.1 Å². The third-order valence-corrected chi connectivity index (χ3v) is 12.5. The first-order valence-electron chi connectivity index (χ1n) is 14.9. The van der Waals surface area contributed by atoms with Gasteiger partial charge in [0.25, 0.3) is 0 Å². The van der Waals surface area contributed by atoms with Gasteiger partial charge in [-0.2, -0.15) is 13.2 Å². The highest BCUT2D eigenvalue weighted by Gasteiger charge is 2.37. The molecule has 6 nitrogen and oxygen atoms in total. The average Bonchev–Trinajstić information content (AvgIpc) is 3.12. The Morgan fingerprint density at radius 1 is 0.667 bits per heavy atom. The SMILES string of the molecule is O=C(c1ccccc1)c1ccc(Sc2ccc([S+](c3ccc(SCCO)cc3)c3ccc(SCCO)cc3)cc2)c(F)c1.O=S(=O)([O-])C(F)(F)F. The molecule has 0 fully saturated rings. The van der Waals surface area contributed by atoms with Gasteiger partial charge in [-0.15, -0.1) is 23.5 Å². The van der Waals surface area contributed by atoms with E-state index >= 15 is 4.39 Å². The van der Waals surface area contributed by atoms with Gasteiger partial charge in [0, 0.05) is 42.2 Å². The molecule has 0 heterocycles. The molecule has 5 aromatic carbocycles. The standard InChI is InChI=1S/C35H30FO3S4.CHF3O3S/c36-33-24-26(35(39)25-4-2-1-3-5-25)6-19-34(33)42-29-11-17-32(18-12-29)43(30-13-7-27(8-14-30)40-22-20-37)31-15-9-28(10-16-31)41-23-21-38;2-1(3,4)8(5,6)7/h1-19,24,37-38H,20-23H2;(H,5,6,7)/q+1;/p-1. The maximum absolute atomic E-state index is 15.1. The van der Waals surface area contributed by atoms with E-state index in [2.05, 4.69) is 60.7 Å². The molecule has 0 saturated heterocycles. The Balaban J connectivity index is 0.000000652. The minimum Gasteiger partial charge on any atom is -0.741 e. The largest absolute Gasteiger partial charge is 0.741 e. The van der Waals surface area contributed by atoms with Crippen LogP contribution in [0.5, 0.6) is 0 Å². The lowest BCUT2D eigenvalue weighted by molar-refractivity contribution is -0.0517. The summed E-state index contributed by atoms with van der Waals surface area (Å²) < 4.78 is 74.0. The molecule has 5 rings (SSSR count). The number of carbonyl (C=O) groups is 1. The average molecular weight is 795 g/mol.